The van der Waals surface area contributed by atoms with Crippen LogP contribution in [0.15, 0.2) is 24.3 Å². The Bertz CT molecular complexity index is 227. The van der Waals surface area contributed by atoms with Gasteiger partial charge in [-0.05, 0) is 42.0 Å². The minimum Gasteiger partial charge on any atom is -0.481 e. The van der Waals surface area contributed by atoms with E-state index in [1.807, 2.05) is 9.86 Å². The Morgan fingerprint density at radius 3 is 1.85 bits per heavy atom. The summed E-state index contributed by atoms with van der Waals surface area (Å²) in [5.41, 5.74) is 0. The van der Waals surface area contributed by atoms with Gasteiger partial charge in [0.05, 0.1) is 0 Å². The summed E-state index contributed by atoms with van der Waals surface area (Å²) in [6.45, 7) is 2.21. The third kappa shape index (κ3) is 31.0. The molecule has 0 atom stereocenters. The zero-order valence-electron chi connectivity index (χ0n) is 13.1. The lowest BCUT2D eigenvalue weighted by Gasteiger charge is -1.91. The molecule has 0 aliphatic rings. The lowest BCUT2D eigenvalue weighted by Crippen LogP contribution is -1.92. The van der Waals surface area contributed by atoms with Crippen LogP contribution in [0.1, 0.15) is 58.3 Å². The fourth-order valence-electron chi connectivity index (χ4n) is 1.39. The number of hydrogen-bond donors (Lipinski definition) is 1. The third-order valence-corrected chi connectivity index (χ3v) is 2.34. The zero-order valence-corrected chi connectivity index (χ0v) is 17.4. The largest absolute Gasteiger partial charge is 0.481 e. The van der Waals surface area contributed by atoms with Crippen molar-refractivity contribution in [2.24, 2.45) is 0 Å². The average molecular weight is 508 g/mol. The molecule has 0 aliphatic carbocycles. The van der Waals surface area contributed by atoms with Gasteiger partial charge in [0.2, 0.25) is 0 Å². The standard InChI is InChI=1S/C14H24O2.2CH3I/c1-2-3-4-5-6-7-8-9-10-11-12-13-14(15)16;2*1-2/h6-7,9-10H,2-5,8,11-13H2,1H3,(H,15,16);2*1H3/b7-6-,10-9-;;. The summed E-state index contributed by atoms with van der Waals surface area (Å²) in [4.78, 5) is 14.2. The summed E-state index contributed by atoms with van der Waals surface area (Å²) in [5.74, 6) is -0.704. The predicted octanol–water partition coefficient (Wildman–Crippen LogP) is 6.43. The van der Waals surface area contributed by atoms with Crippen LogP contribution in [0.3, 0.4) is 0 Å². The van der Waals surface area contributed by atoms with E-state index in [4.69, 9.17) is 5.11 Å². The number of hydrogen-bond acceptors (Lipinski definition) is 1. The first-order valence-corrected chi connectivity index (χ1v) is 11.4. The molecule has 0 heterocycles. The van der Waals surface area contributed by atoms with Gasteiger partial charge in [-0.3, -0.25) is 4.79 Å². The molecule has 0 aromatic rings. The molecule has 4 heteroatoms. The maximum atomic E-state index is 10.2. The van der Waals surface area contributed by atoms with Crippen molar-refractivity contribution in [1.82, 2.24) is 0 Å². The first-order chi connectivity index (χ1) is 9.77. The molecule has 0 aliphatic heterocycles. The number of allylic oxidation sites excluding steroid dienone is 4. The van der Waals surface area contributed by atoms with E-state index in [9.17, 15) is 4.79 Å². The zero-order chi connectivity index (χ0) is 16.1. The van der Waals surface area contributed by atoms with Crippen LogP contribution >= 0.6 is 45.2 Å². The van der Waals surface area contributed by atoms with Crippen molar-refractivity contribution >= 4 is 51.2 Å². The Hall–Kier alpha value is 0.410. The number of carboxylic acids is 1. The molecule has 0 aromatic heterocycles. The van der Waals surface area contributed by atoms with Crippen LogP contribution in [0, 0.1) is 0 Å². The van der Waals surface area contributed by atoms with Crippen LogP contribution in [0.5, 0.6) is 0 Å². The molecular weight excluding hydrogens is 478 g/mol. The summed E-state index contributed by atoms with van der Waals surface area (Å²) in [7, 11) is 0. The quantitative estimate of drug-likeness (QED) is 0.160. The summed E-state index contributed by atoms with van der Waals surface area (Å²) >= 11 is 4.30. The highest BCUT2D eigenvalue weighted by Gasteiger charge is 1.92. The lowest BCUT2D eigenvalue weighted by molar-refractivity contribution is -0.137. The number of rotatable bonds is 10. The molecule has 20 heavy (non-hydrogen) atoms. The highest BCUT2D eigenvalue weighted by molar-refractivity contribution is 14.1. The van der Waals surface area contributed by atoms with Crippen molar-refractivity contribution in [3.8, 4) is 0 Å². The predicted molar refractivity (Wildman–Crippen MR) is 108 cm³/mol. The third-order valence-electron chi connectivity index (χ3n) is 2.34. The number of unbranched alkanes of at least 4 members (excludes halogenated alkanes) is 4. The normalized spacial score (nSPS) is 9.85. The minimum atomic E-state index is -0.704. The van der Waals surface area contributed by atoms with Gasteiger partial charge in [-0.1, -0.05) is 89.3 Å². The number of alkyl halides is 2. The molecule has 0 radical (unpaired) electrons. The maximum Gasteiger partial charge on any atom is 0.303 e. The number of carboxylic acid groups (broad SMARTS) is 1. The molecular formula is C16H30I2O2. The smallest absolute Gasteiger partial charge is 0.303 e. The van der Waals surface area contributed by atoms with Gasteiger partial charge < -0.3 is 5.11 Å². The molecule has 0 aromatic carbocycles. The summed E-state index contributed by atoms with van der Waals surface area (Å²) in [5, 5.41) is 8.42. The summed E-state index contributed by atoms with van der Waals surface area (Å²) < 4.78 is 0. The topological polar surface area (TPSA) is 37.3 Å². The van der Waals surface area contributed by atoms with Crippen molar-refractivity contribution in [2.45, 2.75) is 58.3 Å². The monoisotopic (exact) mass is 508 g/mol. The molecule has 0 fully saturated rings. The molecule has 0 bridgehead atoms. The van der Waals surface area contributed by atoms with Gasteiger partial charge in [-0.15, -0.1) is 0 Å². The molecule has 1 N–H and O–H groups in total. The van der Waals surface area contributed by atoms with Crippen LogP contribution in [-0.4, -0.2) is 20.9 Å². The van der Waals surface area contributed by atoms with Gasteiger partial charge >= 0.3 is 5.97 Å². The van der Waals surface area contributed by atoms with Gasteiger partial charge in [0.25, 0.3) is 0 Å². The van der Waals surface area contributed by atoms with Crippen molar-refractivity contribution in [3.63, 3.8) is 0 Å². The van der Waals surface area contributed by atoms with E-state index < -0.39 is 5.97 Å². The van der Waals surface area contributed by atoms with Crippen molar-refractivity contribution in [2.75, 3.05) is 9.86 Å². The van der Waals surface area contributed by atoms with E-state index in [2.05, 4.69) is 76.4 Å². The first-order valence-electron chi connectivity index (χ1n) is 7.04. The van der Waals surface area contributed by atoms with E-state index in [1.54, 1.807) is 0 Å². The van der Waals surface area contributed by atoms with Crippen LogP contribution in [-0.2, 0) is 4.79 Å². The molecule has 0 saturated heterocycles. The minimum absolute atomic E-state index is 0.275. The maximum absolute atomic E-state index is 10.2. The van der Waals surface area contributed by atoms with E-state index in [0.29, 0.717) is 0 Å². The molecule has 0 rings (SSSR count). The second-order valence-electron chi connectivity index (χ2n) is 3.96. The molecule has 120 valence electrons. The van der Waals surface area contributed by atoms with Gasteiger partial charge in [0.15, 0.2) is 0 Å². The van der Waals surface area contributed by atoms with E-state index in [-0.39, 0.29) is 6.42 Å². The second kappa shape index (κ2) is 27.7. The SMILES string of the molecule is CCCCC/C=C\C/C=C\CCCC(=O)O.CI.CI. The average Bonchev–Trinajstić information content (AvgIpc) is 2.48. The fraction of sp³-hybridized carbons (Fsp3) is 0.688. The van der Waals surface area contributed by atoms with Gasteiger partial charge in [-0.25, -0.2) is 0 Å². The van der Waals surface area contributed by atoms with Gasteiger partial charge in [0, 0.05) is 6.42 Å². The Labute approximate surface area is 152 Å². The number of carbonyl (C=O) groups is 1. The molecule has 0 saturated carbocycles. The number of aliphatic carboxylic acids is 1. The van der Waals surface area contributed by atoms with E-state index in [1.165, 1.54) is 25.7 Å². The highest BCUT2D eigenvalue weighted by Crippen LogP contribution is 2.01. The fourth-order valence-corrected chi connectivity index (χ4v) is 1.39. The van der Waals surface area contributed by atoms with Crippen molar-refractivity contribution in [1.29, 1.82) is 0 Å². The number of halogens is 2. The Balaban J connectivity index is -0.000000656. The van der Waals surface area contributed by atoms with Crippen LogP contribution in [0.25, 0.3) is 0 Å². The van der Waals surface area contributed by atoms with Crippen LogP contribution in [0.2, 0.25) is 0 Å². The van der Waals surface area contributed by atoms with Gasteiger partial charge in [-0.2, -0.15) is 0 Å². The highest BCUT2D eigenvalue weighted by atomic mass is 127. The van der Waals surface area contributed by atoms with Crippen LogP contribution in [0.4, 0.5) is 0 Å². The Morgan fingerprint density at radius 2 is 1.40 bits per heavy atom. The molecule has 0 spiro atoms. The Morgan fingerprint density at radius 1 is 0.900 bits per heavy atom. The summed E-state index contributed by atoms with van der Waals surface area (Å²) in [6.07, 6.45) is 16.5. The Kier molecular flexibility index (Phi) is 35.1. The molecule has 2 nitrogen and oxygen atoms in total. The molecule has 0 amide bonds. The van der Waals surface area contributed by atoms with Gasteiger partial charge in [0.1, 0.15) is 0 Å². The van der Waals surface area contributed by atoms with E-state index >= 15 is 0 Å². The van der Waals surface area contributed by atoms with Crippen molar-refractivity contribution < 1.29 is 9.90 Å². The second-order valence-corrected chi connectivity index (χ2v) is 3.96. The summed E-state index contributed by atoms with van der Waals surface area (Å²) in [6, 6.07) is 0. The van der Waals surface area contributed by atoms with Crippen LogP contribution < -0.4 is 0 Å². The lowest BCUT2D eigenvalue weighted by atomic mass is 10.2. The van der Waals surface area contributed by atoms with E-state index in [0.717, 1.165) is 19.3 Å². The van der Waals surface area contributed by atoms with Crippen molar-refractivity contribution in [3.05, 3.63) is 24.3 Å². The first kappa shape index (κ1) is 25.4. The molecule has 0 unspecified atom stereocenters.